The minimum absolute atomic E-state index is 0.746. The van der Waals surface area contributed by atoms with E-state index in [0.29, 0.717) is 0 Å². The average Bonchev–Trinajstić information content (AvgIpc) is 2.29. The van der Waals surface area contributed by atoms with Gasteiger partial charge in [-0.15, -0.1) is 0 Å². The highest BCUT2D eigenvalue weighted by Crippen LogP contribution is 2.31. The van der Waals surface area contributed by atoms with Crippen LogP contribution in [0.4, 0.5) is 0 Å². The molecule has 2 rings (SSSR count). The first-order valence-electron chi connectivity index (χ1n) is 6.87. The van der Waals surface area contributed by atoms with Gasteiger partial charge in [0.15, 0.2) is 0 Å². The molecule has 2 heteroatoms. The second-order valence-electron chi connectivity index (χ2n) is 5.30. The fourth-order valence-electron chi connectivity index (χ4n) is 3.19. The maximum atomic E-state index is 3.85. The van der Waals surface area contributed by atoms with E-state index in [1.54, 1.807) is 0 Å². The van der Waals surface area contributed by atoms with E-state index in [0.717, 1.165) is 18.0 Å². The monoisotopic (exact) mass is 210 g/mol. The van der Waals surface area contributed by atoms with Gasteiger partial charge in [-0.3, -0.25) is 0 Å². The van der Waals surface area contributed by atoms with Gasteiger partial charge in [0.2, 0.25) is 0 Å². The van der Waals surface area contributed by atoms with Crippen LogP contribution in [-0.2, 0) is 0 Å². The maximum absolute atomic E-state index is 3.85. The van der Waals surface area contributed by atoms with Crippen molar-refractivity contribution in [1.82, 2.24) is 10.6 Å². The summed E-state index contributed by atoms with van der Waals surface area (Å²) in [4.78, 5) is 0. The van der Waals surface area contributed by atoms with Crippen LogP contribution in [0.5, 0.6) is 0 Å². The fourth-order valence-corrected chi connectivity index (χ4v) is 3.19. The first kappa shape index (κ1) is 11.4. The zero-order chi connectivity index (χ0) is 10.5. The molecule has 0 spiro atoms. The molecule has 15 heavy (non-hydrogen) atoms. The van der Waals surface area contributed by atoms with Crippen molar-refractivity contribution in [2.45, 2.75) is 64.0 Å². The quantitative estimate of drug-likeness (QED) is 0.696. The summed E-state index contributed by atoms with van der Waals surface area (Å²) >= 11 is 0. The third kappa shape index (κ3) is 3.18. The fraction of sp³-hybridized carbons (Fsp3) is 1.00. The third-order valence-corrected chi connectivity index (χ3v) is 4.06. The van der Waals surface area contributed by atoms with Gasteiger partial charge < -0.3 is 10.6 Å². The molecular formula is C13H26N2. The van der Waals surface area contributed by atoms with Crippen LogP contribution in [0, 0.1) is 5.92 Å². The molecule has 0 aromatic rings. The van der Waals surface area contributed by atoms with E-state index >= 15 is 0 Å². The highest BCUT2D eigenvalue weighted by atomic mass is 15.0. The van der Waals surface area contributed by atoms with Crippen LogP contribution in [0.15, 0.2) is 0 Å². The molecule has 1 aliphatic carbocycles. The predicted octanol–water partition coefficient (Wildman–Crippen LogP) is 2.30. The van der Waals surface area contributed by atoms with Crippen LogP contribution in [0.2, 0.25) is 0 Å². The lowest BCUT2D eigenvalue weighted by molar-refractivity contribution is 0.174. The van der Waals surface area contributed by atoms with Crippen molar-refractivity contribution >= 4 is 0 Å². The molecule has 1 saturated heterocycles. The van der Waals surface area contributed by atoms with Crippen LogP contribution in [0.1, 0.15) is 51.9 Å². The van der Waals surface area contributed by atoms with Crippen molar-refractivity contribution in [2.24, 2.45) is 5.92 Å². The summed E-state index contributed by atoms with van der Waals surface area (Å²) in [5.41, 5.74) is 0. The Balaban J connectivity index is 1.71. The van der Waals surface area contributed by atoms with Crippen LogP contribution in [0.25, 0.3) is 0 Å². The lowest BCUT2D eigenvalue weighted by Crippen LogP contribution is -2.52. The van der Waals surface area contributed by atoms with Crippen molar-refractivity contribution in [2.75, 3.05) is 13.1 Å². The second kappa shape index (κ2) is 5.86. The van der Waals surface area contributed by atoms with Crippen molar-refractivity contribution in [3.05, 3.63) is 0 Å². The largest absolute Gasteiger partial charge is 0.315 e. The zero-order valence-electron chi connectivity index (χ0n) is 10.1. The summed E-state index contributed by atoms with van der Waals surface area (Å²) in [6, 6.07) is 1.59. The van der Waals surface area contributed by atoms with E-state index in [2.05, 4.69) is 17.6 Å². The maximum Gasteiger partial charge on any atom is 0.0195 e. The summed E-state index contributed by atoms with van der Waals surface area (Å²) in [5.74, 6) is 1.00. The first-order chi connectivity index (χ1) is 7.40. The normalized spacial score (nSPS) is 36.2. The molecule has 2 fully saturated rings. The van der Waals surface area contributed by atoms with Gasteiger partial charge in [0, 0.05) is 18.6 Å². The van der Waals surface area contributed by atoms with E-state index in [9.17, 15) is 0 Å². The minimum Gasteiger partial charge on any atom is -0.315 e. The lowest BCUT2D eigenvalue weighted by atomic mass is 9.78. The molecule has 0 aromatic heterocycles. The minimum atomic E-state index is 0.746. The van der Waals surface area contributed by atoms with Gasteiger partial charge in [0.1, 0.15) is 0 Å². The van der Waals surface area contributed by atoms with Crippen LogP contribution in [0.3, 0.4) is 0 Å². The molecule has 1 heterocycles. The summed E-state index contributed by atoms with van der Waals surface area (Å²) < 4.78 is 0. The Bertz CT molecular complexity index is 179. The van der Waals surface area contributed by atoms with E-state index in [1.807, 2.05) is 0 Å². The summed E-state index contributed by atoms with van der Waals surface area (Å²) in [6.07, 6.45) is 9.93. The molecular weight excluding hydrogens is 184 g/mol. The van der Waals surface area contributed by atoms with E-state index in [4.69, 9.17) is 0 Å². The third-order valence-electron chi connectivity index (χ3n) is 4.06. The Hall–Kier alpha value is -0.0800. The predicted molar refractivity (Wildman–Crippen MR) is 65.1 cm³/mol. The average molecular weight is 210 g/mol. The lowest BCUT2D eigenvalue weighted by Gasteiger charge is -2.40. The van der Waals surface area contributed by atoms with Crippen LogP contribution >= 0.6 is 0 Å². The Morgan fingerprint density at radius 1 is 1.13 bits per heavy atom. The molecule has 3 unspecified atom stereocenters. The summed E-state index contributed by atoms with van der Waals surface area (Å²) in [5, 5.41) is 7.39. The topological polar surface area (TPSA) is 24.1 Å². The van der Waals surface area contributed by atoms with Gasteiger partial charge in [-0.1, -0.05) is 19.8 Å². The second-order valence-corrected chi connectivity index (χ2v) is 5.30. The molecule has 2 nitrogen and oxygen atoms in total. The highest BCUT2D eigenvalue weighted by Gasteiger charge is 2.30. The molecule has 0 amide bonds. The Morgan fingerprint density at radius 2 is 2.00 bits per heavy atom. The number of fused-ring (bicyclic) bond motifs is 1. The van der Waals surface area contributed by atoms with E-state index in [-0.39, 0.29) is 0 Å². The molecule has 2 N–H and O–H groups in total. The summed E-state index contributed by atoms with van der Waals surface area (Å²) in [7, 11) is 0. The first-order valence-corrected chi connectivity index (χ1v) is 6.87. The van der Waals surface area contributed by atoms with Crippen LogP contribution in [-0.4, -0.2) is 25.2 Å². The number of nitrogens with one attached hydrogen (secondary N) is 2. The highest BCUT2D eigenvalue weighted by molar-refractivity contribution is 4.89. The molecule has 1 saturated carbocycles. The van der Waals surface area contributed by atoms with E-state index < -0.39 is 0 Å². The molecule has 88 valence electrons. The molecule has 0 radical (unpaired) electrons. The van der Waals surface area contributed by atoms with Crippen molar-refractivity contribution in [1.29, 1.82) is 0 Å². The van der Waals surface area contributed by atoms with Gasteiger partial charge in [-0.05, 0) is 44.6 Å². The van der Waals surface area contributed by atoms with Gasteiger partial charge in [-0.2, -0.15) is 0 Å². The number of piperidine rings is 1. The molecule has 2 aliphatic rings. The zero-order valence-corrected chi connectivity index (χ0v) is 10.1. The summed E-state index contributed by atoms with van der Waals surface area (Å²) in [6.45, 7) is 4.59. The molecule has 0 bridgehead atoms. The number of hydrogen-bond acceptors (Lipinski definition) is 2. The van der Waals surface area contributed by atoms with Crippen molar-refractivity contribution < 1.29 is 0 Å². The van der Waals surface area contributed by atoms with Crippen molar-refractivity contribution in [3.8, 4) is 0 Å². The Kier molecular flexibility index (Phi) is 4.45. The Labute approximate surface area is 94.2 Å². The smallest absolute Gasteiger partial charge is 0.0195 e. The SMILES string of the molecule is CCCNCC1CCC2CCCCC2N1. The van der Waals surface area contributed by atoms with E-state index in [1.165, 1.54) is 58.0 Å². The molecule has 1 aliphatic heterocycles. The standard InChI is InChI=1S/C13H26N2/c1-2-9-14-10-12-8-7-11-5-3-4-6-13(11)15-12/h11-15H,2-10H2,1H3. The van der Waals surface area contributed by atoms with Gasteiger partial charge in [0.05, 0.1) is 0 Å². The molecule has 3 atom stereocenters. The number of rotatable bonds is 4. The van der Waals surface area contributed by atoms with Crippen LogP contribution < -0.4 is 10.6 Å². The molecule has 0 aromatic carbocycles. The van der Waals surface area contributed by atoms with Gasteiger partial charge >= 0.3 is 0 Å². The number of hydrogen-bond donors (Lipinski definition) is 2. The van der Waals surface area contributed by atoms with Crippen molar-refractivity contribution in [3.63, 3.8) is 0 Å². The van der Waals surface area contributed by atoms with Gasteiger partial charge in [0.25, 0.3) is 0 Å². The van der Waals surface area contributed by atoms with Gasteiger partial charge in [-0.25, -0.2) is 0 Å². The Morgan fingerprint density at radius 3 is 2.87 bits per heavy atom.